The van der Waals surface area contributed by atoms with Crippen molar-refractivity contribution in [2.24, 2.45) is 0 Å². The van der Waals surface area contributed by atoms with Crippen molar-refractivity contribution in [3.05, 3.63) is 131 Å². The Balaban J connectivity index is 1.23. The lowest BCUT2D eigenvalue weighted by Gasteiger charge is -2.11. The molecule has 3 heterocycles. The van der Waals surface area contributed by atoms with Crippen LogP contribution in [0.25, 0.3) is 28.0 Å². The molecule has 10 heteroatoms. The summed E-state index contributed by atoms with van der Waals surface area (Å²) in [5, 5.41) is 6.45. The average molecular weight is 562 g/mol. The average Bonchev–Trinajstić information content (AvgIpc) is 3.38. The maximum atomic E-state index is 15.1. The van der Waals surface area contributed by atoms with Crippen LogP contribution in [0, 0.1) is 5.82 Å². The van der Waals surface area contributed by atoms with Gasteiger partial charge in [0.05, 0.1) is 29.7 Å². The van der Waals surface area contributed by atoms with Crippen LogP contribution in [0.1, 0.15) is 15.9 Å². The van der Waals surface area contributed by atoms with Gasteiger partial charge in [-0.3, -0.25) is 24.7 Å². The molecule has 0 aliphatic heterocycles. The van der Waals surface area contributed by atoms with Gasteiger partial charge in [0.1, 0.15) is 17.1 Å². The van der Waals surface area contributed by atoms with Crippen molar-refractivity contribution in [2.45, 2.75) is 6.54 Å². The van der Waals surface area contributed by atoms with Gasteiger partial charge in [0.25, 0.3) is 11.5 Å². The molecule has 0 saturated heterocycles. The molecule has 3 aromatic carbocycles. The van der Waals surface area contributed by atoms with Gasteiger partial charge in [0.2, 0.25) is 0 Å². The van der Waals surface area contributed by atoms with Crippen molar-refractivity contribution in [1.29, 1.82) is 0 Å². The van der Waals surface area contributed by atoms with E-state index in [9.17, 15) is 9.59 Å². The Morgan fingerprint density at radius 1 is 0.929 bits per heavy atom. The Labute approximate surface area is 239 Å². The highest BCUT2D eigenvalue weighted by Crippen LogP contribution is 2.32. The smallest absolute Gasteiger partial charge is 0.284 e. The number of ether oxygens (including phenoxy) is 2. The zero-order chi connectivity index (χ0) is 29.1. The lowest BCUT2D eigenvalue weighted by Crippen LogP contribution is -2.29. The van der Waals surface area contributed by atoms with E-state index in [1.54, 1.807) is 92.3 Å². The van der Waals surface area contributed by atoms with Crippen LogP contribution < -0.4 is 20.3 Å². The fourth-order valence-electron chi connectivity index (χ4n) is 4.55. The summed E-state index contributed by atoms with van der Waals surface area (Å²) >= 11 is 0. The molecule has 0 aliphatic carbocycles. The van der Waals surface area contributed by atoms with E-state index >= 15 is 4.39 Å². The van der Waals surface area contributed by atoms with Crippen molar-refractivity contribution < 1.29 is 18.7 Å². The van der Waals surface area contributed by atoms with Gasteiger partial charge in [0.15, 0.2) is 11.6 Å². The number of nitrogens with zero attached hydrogens (tertiary/aromatic N) is 3. The number of benzene rings is 3. The zero-order valence-corrected chi connectivity index (χ0v) is 22.4. The van der Waals surface area contributed by atoms with Crippen LogP contribution in [0.2, 0.25) is 0 Å². The number of amides is 1. The van der Waals surface area contributed by atoms with Gasteiger partial charge in [-0.25, -0.2) is 9.07 Å². The summed E-state index contributed by atoms with van der Waals surface area (Å²) < 4.78 is 27.5. The molecule has 2 N–H and O–H groups in total. The first-order valence-corrected chi connectivity index (χ1v) is 13.0. The third kappa shape index (κ3) is 5.20. The fraction of sp³-hybridized carbons (Fsp3) is 0.0625. The number of rotatable bonds is 8. The van der Waals surface area contributed by atoms with Crippen LogP contribution >= 0.6 is 0 Å². The second kappa shape index (κ2) is 11.4. The highest BCUT2D eigenvalue weighted by Gasteiger charge is 2.24. The minimum atomic E-state index is -0.619. The maximum Gasteiger partial charge on any atom is 0.284 e. The van der Waals surface area contributed by atoms with Gasteiger partial charge < -0.3 is 14.8 Å². The van der Waals surface area contributed by atoms with Crippen LogP contribution in [0.4, 0.5) is 4.39 Å². The van der Waals surface area contributed by atoms with Gasteiger partial charge in [-0.05, 0) is 60.2 Å². The molecule has 9 nitrogen and oxygen atoms in total. The molecule has 6 aromatic rings. The summed E-state index contributed by atoms with van der Waals surface area (Å²) in [5.74, 6) is -0.127. The van der Waals surface area contributed by atoms with Gasteiger partial charge in [0, 0.05) is 30.4 Å². The molecule has 208 valence electrons. The molecule has 3 aromatic heterocycles. The molecule has 6 rings (SSSR count). The number of H-pyrrole nitrogens is 1. The number of para-hydroxylation sites is 1. The SMILES string of the molecule is COc1ccc2c(Oc3ccc(CNC(=O)c4c(-c5ccccn5)[nH]n(-c5ccccc5)c4=O)cc3F)ccnc2c1. The molecule has 0 radical (unpaired) electrons. The zero-order valence-electron chi connectivity index (χ0n) is 22.4. The third-order valence-electron chi connectivity index (χ3n) is 6.63. The first-order chi connectivity index (χ1) is 20.5. The predicted molar refractivity (Wildman–Crippen MR) is 156 cm³/mol. The monoisotopic (exact) mass is 561 g/mol. The van der Waals surface area contributed by atoms with E-state index in [1.165, 1.54) is 16.8 Å². The number of fused-ring (bicyclic) bond motifs is 1. The standard InChI is InChI=1S/C32H24FN5O4/c1-41-22-11-12-23-26(18-22)35-16-14-27(23)42-28-13-10-20(17-24(28)33)19-36-31(39)29-30(25-9-5-6-15-34-25)37-38(32(29)40)21-7-3-2-4-8-21/h2-18,37H,19H2,1H3,(H,36,39). The minimum Gasteiger partial charge on any atom is -0.497 e. The highest BCUT2D eigenvalue weighted by molar-refractivity contribution is 5.99. The normalized spacial score (nSPS) is 10.9. The molecule has 0 aliphatic rings. The van der Waals surface area contributed by atoms with E-state index in [1.807, 2.05) is 6.07 Å². The van der Waals surface area contributed by atoms with E-state index in [2.05, 4.69) is 20.4 Å². The number of aromatic amines is 1. The second-order valence-electron chi connectivity index (χ2n) is 9.29. The molecule has 0 unspecified atom stereocenters. The van der Waals surface area contributed by atoms with E-state index in [0.29, 0.717) is 39.3 Å². The Morgan fingerprint density at radius 2 is 1.76 bits per heavy atom. The summed E-state index contributed by atoms with van der Waals surface area (Å²) in [4.78, 5) is 35.3. The number of carbonyl (C=O) groups excluding carboxylic acids is 1. The summed E-state index contributed by atoms with van der Waals surface area (Å²) in [5.41, 5.74) is 1.78. The van der Waals surface area contributed by atoms with Gasteiger partial charge in [-0.15, -0.1) is 0 Å². The third-order valence-corrected chi connectivity index (χ3v) is 6.63. The Hall–Kier alpha value is -5.77. The molecular weight excluding hydrogens is 537 g/mol. The summed E-state index contributed by atoms with van der Waals surface area (Å²) in [6.45, 7) is -0.0222. The molecule has 0 saturated carbocycles. The van der Waals surface area contributed by atoms with Crippen molar-refractivity contribution in [2.75, 3.05) is 7.11 Å². The van der Waals surface area contributed by atoms with Crippen LogP contribution in [0.3, 0.4) is 0 Å². The summed E-state index contributed by atoms with van der Waals surface area (Å²) in [6, 6.07) is 25.5. The number of halogens is 1. The summed E-state index contributed by atoms with van der Waals surface area (Å²) in [6.07, 6.45) is 3.15. The quantitative estimate of drug-likeness (QED) is 0.249. The first-order valence-electron chi connectivity index (χ1n) is 13.0. The van der Waals surface area contributed by atoms with Crippen molar-refractivity contribution >= 4 is 16.8 Å². The number of nitrogens with one attached hydrogen (secondary N) is 2. The number of methoxy groups -OCH3 is 1. The largest absolute Gasteiger partial charge is 0.497 e. The molecule has 0 fully saturated rings. The van der Waals surface area contributed by atoms with Crippen molar-refractivity contribution in [3.63, 3.8) is 0 Å². The van der Waals surface area contributed by atoms with Gasteiger partial charge in [-0.2, -0.15) is 0 Å². The van der Waals surface area contributed by atoms with Crippen LogP contribution in [-0.2, 0) is 6.54 Å². The van der Waals surface area contributed by atoms with E-state index < -0.39 is 17.3 Å². The molecular formula is C32H24FN5O4. The van der Waals surface area contributed by atoms with Crippen LogP contribution in [-0.4, -0.2) is 32.8 Å². The summed E-state index contributed by atoms with van der Waals surface area (Å²) in [7, 11) is 1.57. The van der Waals surface area contributed by atoms with Gasteiger partial charge >= 0.3 is 0 Å². The van der Waals surface area contributed by atoms with Crippen LogP contribution in [0.15, 0.2) is 108 Å². The molecule has 0 spiro atoms. The van der Waals surface area contributed by atoms with Crippen LogP contribution in [0.5, 0.6) is 17.2 Å². The molecule has 0 atom stereocenters. The van der Waals surface area contributed by atoms with Gasteiger partial charge in [-0.1, -0.05) is 30.3 Å². The lowest BCUT2D eigenvalue weighted by molar-refractivity contribution is 0.0950. The molecule has 0 bridgehead atoms. The molecule has 42 heavy (non-hydrogen) atoms. The molecule has 1 amide bonds. The predicted octanol–water partition coefficient (Wildman–Crippen LogP) is 5.65. The number of aromatic nitrogens is 4. The second-order valence-corrected chi connectivity index (χ2v) is 9.29. The maximum absolute atomic E-state index is 15.1. The topological polar surface area (TPSA) is 111 Å². The Bertz CT molecular complexity index is 1960. The van der Waals surface area contributed by atoms with E-state index in [-0.39, 0.29) is 23.6 Å². The van der Waals surface area contributed by atoms with E-state index in [4.69, 9.17) is 9.47 Å². The number of carbonyl (C=O) groups is 1. The first kappa shape index (κ1) is 26.5. The van der Waals surface area contributed by atoms with Crippen molar-refractivity contribution in [1.82, 2.24) is 25.1 Å². The highest BCUT2D eigenvalue weighted by atomic mass is 19.1. The Kier molecular flexibility index (Phi) is 7.17. The number of pyridine rings is 2. The fourth-order valence-corrected chi connectivity index (χ4v) is 4.55. The minimum absolute atomic E-state index is 0.0159. The lowest BCUT2D eigenvalue weighted by atomic mass is 10.1. The van der Waals surface area contributed by atoms with Crippen molar-refractivity contribution in [3.8, 4) is 34.3 Å². The number of hydrogen-bond donors (Lipinski definition) is 2. The van der Waals surface area contributed by atoms with E-state index in [0.717, 1.165) is 0 Å². The Morgan fingerprint density at radius 3 is 2.52 bits per heavy atom. The number of hydrogen-bond acceptors (Lipinski definition) is 6.